The van der Waals surface area contributed by atoms with Gasteiger partial charge in [0.25, 0.3) is 0 Å². The molecule has 0 amide bonds. The average Bonchev–Trinajstić information content (AvgIpc) is 3.51. The van der Waals surface area contributed by atoms with Crippen molar-refractivity contribution in [1.82, 2.24) is 24.2 Å². The van der Waals surface area contributed by atoms with Gasteiger partial charge in [-0.1, -0.05) is 42.5 Å². The maximum Gasteiger partial charge on any atom is 0.199 e. The summed E-state index contributed by atoms with van der Waals surface area (Å²) < 4.78 is 6.47. The Hall–Kier alpha value is -2.35. The van der Waals surface area contributed by atoms with Crippen molar-refractivity contribution in [3.05, 3.63) is 75.8 Å². The fourth-order valence-corrected chi connectivity index (χ4v) is 6.08. The number of benzene rings is 2. The average molecular weight is 462 g/mol. The van der Waals surface area contributed by atoms with E-state index in [1.165, 1.54) is 33.9 Å². The Morgan fingerprint density at radius 2 is 1.66 bits per heavy atom. The minimum Gasteiger partial charge on any atom is -0.299 e. The zero-order chi connectivity index (χ0) is 21.5. The molecule has 0 atom stereocenters. The van der Waals surface area contributed by atoms with E-state index in [1.54, 1.807) is 0 Å². The third-order valence-corrected chi connectivity index (χ3v) is 8.29. The van der Waals surface area contributed by atoms with Gasteiger partial charge in [-0.05, 0) is 55.6 Å². The highest BCUT2D eigenvalue weighted by molar-refractivity contribution is 7.71. The third-order valence-electron chi connectivity index (χ3n) is 6.66. The molecule has 5 nitrogen and oxygen atoms in total. The monoisotopic (exact) mass is 461 g/mol. The maximum atomic E-state index is 5.89. The Bertz CT molecular complexity index is 1240. The molecule has 1 saturated carbocycles. The SMILES string of the molecule is S=c1n(CN2CCC(c3nc4ccccc4s3)CC2)nc(C2CC2)n1Cc1ccccc1. The van der Waals surface area contributed by atoms with Gasteiger partial charge in [0, 0.05) is 24.9 Å². The molecule has 2 aromatic heterocycles. The van der Waals surface area contributed by atoms with Crippen LogP contribution in [-0.4, -0.2) is 37.3 Å². The number of rotatable bonds is 6. The lowest BCUT2D eigenvalue weighted by atomic mass is 9.98. The molecule has 0 radical (unpaired) electrons. The Kier molecular flexibility index (Phi) is 5.41. The van der Waals surface area contributed by atoms with E-state index in [4.69, 9.17) is 22.3 Å². The zero-order valence-corrected chi connectivity index (χ0v) is 19.7. The third kappa shape index (κ3) is 4.05. The van der Waals surface area contributed by atoms with E-state index in [9.17, 15) is 0 Å². The van der Waals surface area contributed by atoms with Crippen molar-refractivity contribution in [3.8, 4) is 0 Å². The van der Waals surface area contributed by atoms with E-state index in [-0.39, 0.29) is 0 Å². The lowest BCUT2D eigenvalue weighted by Gasteiger charge is -2.30. The Morgan fingerprint density at radius 3 is 2.41 bits per heavy atom. The smallest absolute Gasteiger partial charge is 0.199 e. The highest BCUT2D eigenvalue weighted by Crippen LogP contribution is 2.39. The summed E-state index contributed by atoms with van der Waals surface area (Å²) in [5, 5.41) is 6.29. The summed E-state index contributed by atoms with van der Waals surface area (Å²) >= 11 is 7.75. The molecule has 2 aliphatic rings. The predicted molar refractivity (Wildman–Crippen MR) is 132 cm³/mol. The first kappa shape index (κ1) is 20.3. The predicted octanol–water partition coefficient (Wildman–Crippen LogP) is 5.79. The van der Waals surface area contributed by atoms with Crippen molar-refractivity contribution in [2.24, 2.45) is 0 Å². The van der Waals surface area contributed by atoms with Crippen LogP contribution in [0.2, 0.25) is 0 Å². The van der Waals surface area contributed by atoms with E-state index in [1.807, 2.05) is 11.3 Å². The molecule has 0 bridgehead atoms. The Labute approximate surface area is 197 Å². The first-order chi connectivity index (χ1) is 15.7. The van der Waals surface area contributed by atoms with Gasteiger partial charge in [-0.2, -0.15) is 5.10 Å². The fourth-order valence-electron chi connectivity index (χ4n) is 4.68. The molecule has 3 heterocycles. The zero-order valence-electron chi connectivity index (χ0n) is 18.1. The number of piperidine rings is 1. The largest absolute Gasteiger partial charge is 0.299 e. The molecule has 1 aliphatic heterocycles. The van der Waals surface area contributed by atoms with Crippen molar-refractivity contribution < 1.29 is 0 Å². The highest BCUT2D eigenvalue weighted by Gasteiger charge is 2.31. The van der Waals surface area contributed by atoms with E-state index in [0.717, 1.165) is 49.4 Å². The quantitative estimate of drug-likeness (QED) is 0.341. The number of aromatic nitrogens is 4. The summed E-state index contributed by atoms with van der Waals surface area (Å²) in [4.78, 5) is 7.40. The second kappa shape index (κ2) is 8.54. The summed E-state index contributed by atoms with van der Waals surface area (Å²) in [6.07, 6.45) is 4.75. The summed E-state index contributed by atoms with van der Waals surface area (Å²) in [5.74, 6) is 2.31. The van der Waals surface area contributed by atoms with Gasteiger partial charge in [0.05, 0.1) is 28.4 Å². The molecule has 2 fully saturated rings. The Morgan fingerprint density at radius 1 is 0.906 bits per heavy atom. The summed E-state index contributed by atoms with van der Waals surface area (Å²) in [7, 11) is 0. The van der Waals surface area contributed by atoms with E-state index in [0.29, 0.717) is 11.8 Å². The van der Waals surface area contributed by atoms with Crippen LogP contribution >= 0.6 is 23.6 Å². The van der Waals surface area contributed by atoms with Crippen LogP contribution in [0.25, 0.3) is 10.2 Å². The first-order valence-corrected chi connectivity index (χ1v) is 12.8. The summed E-state index contributed by atoms with van der Waals surface area (Å²) in [5.41, 5.74) is 2.42. The molecule has 7 heteroatoms. The van der Waals surface area contributed by atoms with Crippen LogP contribution < -0.4 is 0 Å². The number of hydrogen-bond donors (Lipinski definition) is 0. The molecule has 1 saturated heterocycles. The first-order valence-electron chi connectivity index (χ1n) is 11.5. The number of likely N-dealkylation sites (tertiary alicyclic amines) is 1. The summed E-state index contributed by atoms with van der Waals surface area (Å²) in [6, 6.07) is 19.1. The van der Waals surface area contributed by atoms with Crippen LogP contribution in [0.5, 0.6) is 0 Å². The molecule has 1 aliphatic carbocycles. The van der Waals surface area contributed by atoms with Crippen molar-refractivity contribution in [1.29, 1.82) is 0 Å². The second-order valence-corrected chi connectivity index (χ2v) is 10.5. The van der Waals surface area contributed by atoms with Gasteiger partial charge in [0.15, 0.2) is 4.77 Å². The molecule has 2 aromatic carbocycles. The lowest BCUT2D eigenvalue weighted by molar-refractivity contribution is 0.160. The van der Waals surface area contributed by atoms with Gasteiger partial charge in [0.2, 0.25) is 0 Å². The van der Waals surface area contributed by atoms with Crippen molar-refractivity contribution in [3.63, 3.8) is 0 Å². The van der Waals surface area contributed by atoms with Crippen molar-refractivity contribution in [2.45, 2.75) is 50.7 Å². The Balaban J connectivity index is 1.16. The molecular weight excluding hydrogens is 434 g/mol. The van der Waals surface area contributed by atoms with Gasteiger partial charge in [-0.3, -0.25) is 9.47 Å². The topological polar surface area (TPSA) is 38.9 Å². The van der Waals surface area contributed by atoms with Crippen LogP contribution in [0, 0.1) is 4.77 Å². The molecule has 6 rings (SSSR count). The second-order valence-electron chi connectivity index (χ2n) is 9.04. The lowest BCUT2D eigenvalue weighted by Crippen LogP contribution is -2.35. The fraction of sp³-hybridized carbons (Fsp3) is 0.400. The van der Waals surface area contributed by atoms with E-state index < -0.39 is 0 Å². The number of nitrogens with zero attached hydrogens (tertiary/aromatic N) is 5. The van der Waals surface area contributed by atoms with Gasteiger partial charge >= 0.3 is 0 Å². The molecule has 0 N–H and O–H groups in total. The minimum atomic E-state index is 0.564. The van der Waals surface area contributed by atoms with Crippen LogP contribution in [0.4, 0.5) is 0 Å². The van der Waals surface area contributed by atoms with Crippen LogP contribution in [-0.2, 0) is 13.2 Å². The van der Waals surface area contributed by atoms with Crippen molar-refractivity contribution in [2.75, 3.05) is 13.1 Å². The van der Waals surface area contributed by atoms with E-state index >= 15 is 0 Å². The van der Waals surface area contributed by atoms with Crippen molar-refractivity contribution >= 4 is 33.8 Å². The van der Waals surface area contributed by atoms with Gasteiger partial charge < -0.3 is 0 Å². The molecule has 32 heavy (non-hydrogen) atoms. The van der Waals surface area contributed by atoms with Crippen LogP contribution in [0.3, 0.4) is 0 Å². The van der Waals surface area contributed by atoms with E-state index in [2.05, 4.69) is 68.7 Å². The standard InChI is InChI=1S/C25H27N5S2/c31-25-29(16-18-6-2-1-3-7-18)23(19-10-11-19)27-30(25)17-28-14-12-20(13-15-28)24-26-21-8-4-5-9-22(21)32-24/h1-9,19-20H,10-17H2. The number of fused-ring (bicyclic) bond motifs is 1. The molecule has 164 valence electrons. The summed E-state index contributed by atoms with van der Waals surface area (Å²) in [6.45, 7) is 3.72. The number of thiazole rings is 1. The minimum absolute atomic E-state index is 0.564. The number of hydrogen-bond acceptors (Lipinski definition) is 5. The van der Waals surface area contributed by atoms with Gasteiger partial charge in [0.1, 0.15) is 5.82 Å². The van der Waals surface area contributed by atoms with Gasteiger partial charge in [-0.25, -0.2) is 9.67 Å². The maximum absolute atomic E-state index is 5.89. The number of para-hydroxylation sites is 1. The normalized spacial score (nSPS) is 17.9. The molecular formula is C25H27N5S2. The van der Waals surface area contributed by atoms with Crippen LogP contribution in [0.1, 0.15) is 53.9 Å². The molecule has 4 aromatic rings. The molecule has 0 spiro atoms. The van der Waals surface area contributed by atoms with Gasteiger partial charge in [-0.15, -0.1) is 11.3 Å². The van der Waals surface area contributed by atoms with Crippen LogP contribution in [0.15, 0.2) is 54.6 Å². The molecule has 0 unspecified atom stereocenters. The highest BCUT2D eigenvalue weighted by atomic mass is 32.1.